The van der Waals surface area contributed by atoms with Crippen LogP contribution < -0.4 is 14.4 Å². The lowest BCUT2D eigenvalue weighted by Gasteiger charge is -2.56. The summed E-state index contributed by atoms with van der Waals surface area (Å²) in [6, 6.07) is 2.22. The van der Waals surface area contributed by atoms with Crippen LogP contribution in [0.5, 0.6) is 11.9 Å². The first-order valence-electron chi connectivity index (χ1n) is 9.28. The molecule has 8 heteroatoms. The molecule has 1 amide bonds. The summed E-state index contributed by atoms with van der Waals surface area (Å²) in [4.78, 5) is 25.4. The SMILES string of the molecule is COc1cc(N2C[C@H]3C[C@@H](C2)[C@H](CO)N2C(=O)CCC[C@@H]32)nc(OC)n1. The topological polar surface area (TPSA) is 88.0 Å². The van der Waals surface area contributed by atoms with Gasteiger partial charge in [0.25, 0.3) is 0 Å². The van der Waals surface area contributed by atoms with Gasteiger partial charge in [0.2, 0.25) is 11.8 Å². The van der Waals surface area contributed by atoms with Gasteiger partial charge < -0.3 is 24.4 Å². The molecule has 8 nitrogen and oxygen atoms in total. The van der Waals surface area contributed by atoms with Crippen molar-refractivity contribution < 1.29 is 19.4 Å². The standard InChI is InChI=1S/C18H26N4O4/c1-25-16-7-15(19-18(20-16)26-2)21-8-11-6-12(9-21)14(10-23)22-13(11)4-3-5-17(22)24/h7,11-14,23H,3-6,8-10H2,1-2H3/t11-,12+,13+,14+/m1/s1. The Labute approximate surface area is 153 Å². The van der Waals surface area contributed by atoms with E-state index in [4.69, 9.17) is 9.47 Å². The molecule has 4 heterocycles. The van der Waals surface area contributed by atoms with Crippen LogP contribution >= 0.6 is 0 Å². The van der Waals surface area contributed by atoms with Crippen LogP contribution in [0.3, 0.4) is 0 Å². The molecule has 0 spiro atoms. The fourth-order valence-corrected chi connectivity index (χ4v) is 4.95. The molecular weight excluding hydrogens is 336 g/mol. The molecule has 0 unspecified atom stereocenters. The van der Waals surface area contributed by atoms with E-state index in [1.54, 1.807) is 7.11 Å². The average Bonchev–Trinajstić information content (AvgIpc) is 2.68. The van der Waals surface area contributed by atoms with Crippen LogP contribution in [0.1, 0.15) is 25.7 Å². The Morgan fingerprint density at radius 2 is 2.04 bits per heavy atom. The number of carbonyl (C=O) groups is 1. The first-order chi connectivity index (χ1) is 12.6. The third kappa shape index (κ3) is 2.86. The molecular formula is C18H26N4O4. The second kappa shape index (κ2) is 6.90. The lowest BCUT2D eigenvalue weighted by molar-refractivity contribution is -0.150. The largest absolute Gasteiger partial charge is 0.481 e. The van der Waals surface area contributed by atoms with Crippen LogP contribution in [0.15, 0.2) is 6.07 Å². The van der Waals surface area contributed by atoms with Gasteiger partial charge in [-0.2, -0.15) is 9.97 Å². The van der Waals surface area contributed by atoms with Crippen LogP contribution in [0.2, 0.25) is 0 Å². The summed E-state index contributed by atoms with van der Waals surface area (Å²) in [5.74, 6) is 2.08. The van der Waals surface area contributed by atoms with Crippen LogP contribution in [0.25, 0.3) is 0 Å². The quantitative estimate of drug-likeness (QED) is 0.843. The number of hydrogen-bond acceptors (Lipinski definition) is 7. The van der Waals surface area contributed by atoms with E-state index in [-0.39, 0.29) is 36.5 Å². The molecule has 26 heavy (non-hydrogen) atoms. The highest BCUT2D eigenvalue weighted by atomic mass is 16.5. The summed E-state index contributed by atoms with van der Waals surface area (Å²) < 4.78 is 10.5. The number of hydrogen-bond donors (Lipinski definition) is 1. The Morgan fingerprint density at radius 3 is 2.77 bits per heavy atom. The van der Waals surface area contributed by atoms with Gasteiger partial charge in [-0.05, 0) is 31.1 Å². The summed E-state index contributed by atoms with van der Waals surface area (Å²) >= 11 is 0. The molecule has 1 aromatic rings. The number of fused-ring (bicyclic) bond motifs is 4. The van der Waals surface area contributed by atoms with E-state index in [1.807, 2.05) is 11.0 Å². The van der Waals surface area contributed by atoms with Crippen molar-refractivity contribution in [3.63, 3.8) is 0 Å². The molecule has 2 bridgehead atoms. The number of aliphatic hydroxyl groups excluding tert-OH is 1. The van der Waals surface area contributed by atoms with E-state index < -0.39 is 0 Å². The zero-order valence-electron chi connectivity index (χ0n) is 15.3. The number of aliphatic hydroxyl groups is 1. The number of nitrogens with zero attached hydrogens (tertiary/aromatic N) is 4. The van der Waals surface area contributed by atoms with Gasteiger partial charge in [-0.3, -0.25) is 4.79 Å². The highest BCUT2D eigenvalue weighted by molar-refractivity contribution is 5.78. The maximum Gasteiger partial charge on any atom is 0.321 e. The number of aromatic nitrogens is 2. The Morgan fingerprint density at radius 1 is 1.23 bits per heavy atom. The molecule has 4 atom stereocenters. The van der Waals surface area contributed by atoms with E-state index in [0.717, 1.165) is 38.2 Å². The smallest absolute Gasteiger partial charge is 0.321 e. The highest BCUT2D eigenvalue weighted by Gasteiger charge is 2.49. The summed E-state index contributed by atoms with van der Waals surface area (Å²) in [5.41, 5.74) is 0. The lowest BCUT2D eigenvalue weighted by atomic mass is 9.72. The number of anilines is 1. The number of amides is 1. The molecule has 3 fully saturated rings. The van der Waals surface area contributed by atoms with E-state index in [0.29, 0.717) is 18.2 Å². The Kier molecular flexibility index (Phi) is 4.60. The van der Waals surface area contributed by atoms with E-state index in [1.165, 1.54) is 7.11 Å². The van der Waals surface area contributed by atoms with Gasteiger partial charge in [0.05, 0.1) is 26.9 Å². The van der Waals surface area contributed by atoms with Crippen molar-refractivity contribution in [3.8, 4) is 11.9 Å². The van der Waals surface area contributed by atoms with Crippen molar-refractivity contribution in [1.82, 2.24) is 14.9 Å². The average molecular weight is 362 g/mol. The fraction of sp³-hybridized carbons (Fsp3) is 0.722. The van der Waals surface area contributed by atoms with Crippen molar-refractivity contribution in [2.45, 2.75) is 37.8 Å². The van der Waals surface area contributed by atoms with Gasteiger partial charge in [0.1, 0.15) is 5.82 Å². The monoisotopic (exact) mass is 362 g/mol. The van der Waals surface area contributed by atoms with Gasteiger partial charge >= 0.3 is 6.01 Å². The van der Waals surface area contributed by atoms with Gasteiger partial charge in [0.15, 0.2) is 0 Å². The van der Waals surface area contributed by atoms with Gasteiger partial charge in [0, 0.05) is 31.6 Å². The molecule has 3 aliphatic heterocycles. The second-order valence-corrected chi connectivity index (χ2v) is 7.43. The molecule has 1 aromatic heterocycles. The Balaban J connectivity index is 1.64. The van der Waals surface area contributed by atoms with E-state index in [2.05, 4.69) is 14.9 Å². The Hall–Kier alpha value is -2.09. The minimum Gasteiger partial charge on any atom is -0.481 e. The number of ether oxygens (including phenoxy) is 2. The van der Waals surface area contributed by atoms with E-state index >= 15 is 0 Å². The van der Waals surface area contributed by atoms with Crippen LogP contribution in [-0.2, 0) is 4.79 Å². The molecule has 0 aromatic carbocycles. The molecule has 4 rings (SSSR count). The van der Waals surface area contributed by atoms with Crippen LogP contribution in [0.4, 0.5) is 5.82 Å². The third-order valence-electron chi connectivity index (χ3n) is 6.07. The zero-order chi connectivity index (χ0) is 18.3. The molecule has 0 radical (unpaired) electrons. The summed E-state index contributed by atoms with van der Waals surface area (Å²) in [7, 11) is 3.11. The molecule has 3 aliphatic rings. The summed E-state index contributed by atoms with van der Waals surface area (Å²) in [5, 5.41) is 10.0. The summed E-state index contributed by atoms with van der Waals surface area (Å²) in [6.07, 6.45) is 3.62. The molecule has 142 valence electrons. The highest BCUT2D eigenvalue weighted by Crippen LogP contribution is 2.42. The predicted molar refractivity (Wildman–Crippen MR) is 94.3 cm³/mol. The maximum atomic E-state index is 12.5. The Bertz CT molecular complexity index is 649. The minimum absolute atomic E-state index is 0.0177. The first kappa shape index (κ1) is 17.3. The maximum absolute atomic E-state index is 12.5. The predicted octanol–water partition coefficient (Wildman–Crippen LogP) is 0.692. The van der Waals surface area contributed by atoms with Crippen molar-refractivity contribution in [2.75, 3.05) is 38.8 Å². The van der Waals surface area contributed by atoms with Crippen LogP contribution in [0, 0.1) is 11.8 Å². The zero-order valence-corrected chi connectivity index (χ0v) is 15.3. The fourth-order valence-electron chi connectivity index (χ4n) is 4.95. The third-order valence-corrected chi connectivity index (χ3v) is 6.07. The lowest BCUT2D eigenvalue weighted by Crippen LogP contribution is -2.66. The minimum atomic E-state index is -0.0996. The number of rotatable bonds is 4. The normalized spacial score (nSPS) is 30.8. The number of methoxy groups -OCH3 is 2. The molecule has 0 saturated carbocycles. The summed E-state index contributed by atoms with van der Waals surface area (Å²) in [6.45, 7) is 1.61. The van der Waals surface area contributed by atoms with Crippen molar-refractivity contribution in [1.29, 1.82) is 0 Å². The van der Waals surface area contributed by atoms with Crippen LogP contribution in [-0.4, -0.2) is 71.9 Å². The van der Waals surface area contributed by atoms with Gasteiger partial charge in [-0.1, -0.05) is 0 Å². The van der Waals surface area contributed by atoms with Gasteiger partial charge in [-0.25, -0.2) is 0 Å². The number of carbonyl (C=O) groups excluding carboxylic acids is 1. The number of piperidine rings is 3. The van der Waals surface area contributed by atoms with E-state index in [9.17, 15) is 9.90 Å². The molecule has 0 aliphatic carbocycles. The van der Waals surface area contributed by atoms with Gasteiger partial charge in [-0.15, -0.1) is 0 Å². The second-order valence-electron chi connectivity index (χ2n) is 7.43. The molecule has 1 N–H and O–H groups in total. The van der Waals surface area contributed by atoms with Crippen molar-refractivity contribution >= 4 is 11.7 Å². The molecule has 3 saturated heterocycles. The van der Waals surface area contributed by atoms with Crippen molar-refractivity contribution in [2.24, 2.45) is 11.8 Å². The first-order valence-corrected chi connectivity index (χ1v) is 9.28. The van der Waals surface area contributed by atoms with Crippen molar-refractivity contribution in [3.05, 3.63) is 6.07 Å².